The van der Waals surface area contributed by atoms with Gasteiger partial charge < -0.3 is 19.1 Å². The second-order valence-corrected chi connectivity index (χ2v) is 15.4. The molecule has 2 heterocycles. The monoisotopic (exact) mass is 735 g/mol. The Hall–Kier alpha value is -4.58. The Morgan fingerprint density at radius 2 is 1.70 bits per heavy atom. The Labute approximate surface area is 322 Å². The van der Waals surface area contributed by atoms with Crippen molar-refractivity contribution in [2.45, 2.75) is 119 Å². The second-order valence-electron chi connectivity index (χ2n) is 15.4. The van der Waals surface area contributed by atoms with Crippen molar-refractivity contribution in [1.29, 1.82) is 0 Å². The van der Waals surface area contributed by atoms with E-state index >= 15 is 0 Å². The van der Waals surface area contributed by atoms with E-state index in [-0.39, 0.29) is 29.2 Å². The molecular weight excluding hydrogens is 675 g/mol. The van der Waals surface area contributed by atoms with Crippen LogP contribution in [0.2, 0.25) is 0 Å². The van der Waals surface area contributed by atoms with Gasteiger partial charge in [0.05, 0.1) is 31.2 Å². The van der Waals surface area contributed by atoms with Crippen LogP contribution in [-0.4, -0.2) is 53.5 Å². The Kier molecular flexibility index (Phi) is 14.4. The maximum atomic E-state index is 14.3. The van der Waals surface area contributed by atoms with Crippen LogP contribution in [0.25, 0.3) is 28.0 Å². The lowest BCUT2D eigenvalue weighted by molar-refractivity contribution is -0.0249. The van der Waals surface area contributed by atoms with Crippen LogP contribution in [-0.2, 0) is 4.74 Å². The van der Waals surface area contributed by atoms with Crippen molar-refractivity contribution in [2.24, 2.45) is 17.8 Å². The molecule has 0 aliphatic heterocycles. The Balaban J connectivity index is 1.58. The number of aromatic nitrogens is 3. The summed E-state index contributed by atoms with van der Waals surface area (Å²) in [5.41, 5.74) is 4.44. The van der Waals surface area contributed by atoms with Gasteiger partial charge in [-0.2, -0.15) is 0 Å². The summed E-state index contributed by atoms with van der Waals surface area (Å²) >= 11 is 0. The highest BCUT2D eigenvalue weighted by atomic mass is 16.5. The lowest BCUT2D eigenvalue weighted by atomic mass is 9.75. The quantitative estimate of drug-likeness (QED) is 0.0571. The molecule has 0 spiro atoms. The molecule has 0 N–H and O–H groups in total. The SMILES string of the molecule is [C-]#[N+]c1c(C(=O)OC2C(C)CC(C)CC2C)c2nc(-c3cc(OCCCCCCCC)ccc3OC)nn2c1=Cc1ccc(N(CC)CCCC)cc1C. The van der Waals surface area contributed by atoms with Gasteiger partial charge in [0.25, 0.3) is 0 Å². The van der Waals surface area contributed by atoms with Crippen molar-refractivity contribution in [1.82, 2.24) is 14.6 Å². The maximum Gasteiger partial charge on any atom is 0.331 e. The normalized spacial score (nSPS) is 18.8. The van der Waals surface area contributed by atoms with Crippen molar-refractivity contribution in [3.8, 4) is 22.9 Å². The van der Waals surface area contributed by atoms with E-state index in [1.165, 1.54) is 31.4 Å². The van der Waals surface area contributed by atoms with Crippen LogP contribution in [0.1, 0.15) is 127 Å². The summed E-state index contributed by atoms with van der Waals surface area (Å²) in [7, 11) is 1.62. The molecule has 1 aliphatic rings. The van der Waals surface area contributed by atoms with E-state index in [0.29, 0.717) is 46.4 Å². The molecule has 9 nitrogen and oxygen atoms in total. The summed E-state index contributed by atoms with van der Waals surface area (Å²) < 4.78 is 19.9. The molecule has 0 amide bonds. The zero-order chi connectivity index (χ0) is 38.8. The average molecular weight is 736 g/mol. The fourth-order valence-corrected chi connectivity index (χ4v) is 8.14. The number of rotatable bonds is 18. The van der Waals surface area contributed by atoms with E-state index < -0.39 is 5.97 Å². The molecule has 2 unspecified atom stereocenters. The smallest absolute Gasteiger partial charge is 0.331 e. The van der Waals surface area contributed by atoms with Gasteiger partial charge in [-0.1, -0.05) is 79.2 Å². The third-order valence-corrected chi connectivity index (χ3v) is 11.0. The number of carbonyl (C=O) groups is 1. The van der Waals surface area contributed by atoms with Crippen LogP contribution < -0.4 is 19.7 Å². The third-order valence-electron chi connectivity index (χ3n) is 11.0. The molecular formula is C45H61N5O4. The first-order chi connectivity index (χ1) is 26.1. The van der Waals surface area contributed by atoms with E-state index in [4.69, 9.17) is 30.9 Å². The number of unbranched alkanes of at least 4 members (excludes halogenated alkanes) is 6. The fraction of sp³-hybridized carbons (Fsp3) is 0.556. The van der Waals surface area contributed by atoms with Crippen molar-refractivity contribution < 1.29 is 19.0 Å². The summed E-state index contributed by atoms with van der Waals surface area (Å²) in [4.78, 5) is 25.6. The van der Waals surface area contributed by atoms with Crippen LogP contribution in [0.15, 0.2) is 36.4 Å². The molecule has 54 heavy (non-hydrogen) atoms. The Morgan fingerprint density at radius 1 is 0.981 bits per heavy atom. The highest BCUT2D eigenvalue weighted by molar-refractivity contribution is 6.03. The number of anilines is 1. The summed E-state index contributed by atoms with van der Waals surface area (Å²) in [5, 5.41) is 5.46. The lowest BCUT2D eigenvalue weighted by Crippen LogP contribution is -2.37. The minimum Gasteiger partial charge on any atom is -0.496 e. The molecule has 2 aromatic heterocycles. The summed E-state index contributed by atoms with van der Waals surface area (Å²) in [5.74, 6) is 2.12. The zero-order valence-electron chi connectivity index (χ0n) is 33.9. The van der Waals surface area contributed by atoms with E-state index in [2.05, 4.69) is 76.4 Å². The van der Waals surface area contributed by atoms with Gasteiger partial charge >= 0.3 is 5.97 Å². The van der Waals surface area contributed by atoms with E-state index in [0.717, 1.165) is 62.7 Å². The molecule has 2 atom stereocenters. The second kappa shape index (κ2) is 19.1. The molecule has 1 aliphatic carbocycles. The van der Waals surface area contributed by atoms with Crippen LogP contribution in [0, 0.1) is 31.2 Å². The van der Waals surface area contributed by atoms with E-state index in [1.807, 2.05) is 24.3 Å². The summed E-state index contributed by atoms with van der Waals surface area (Å²) in [6.07, 6.45) is 13.0. The van der Waals surface area contributed by atoms with E-state index in [1.54, 1.807) is 11.6 Å². The topological polar surface area (TPSA) is 82.5 Å². The summed E-state index contributed by atoms with van der Waals surface area (Å²) in [6, 6.07) is 12.1. The molecule has 0 bridgehead atoms. The first-order valence-electron chi connectivity index (χ1n) is 20.3. The minimum atomic E-state index is -0.535. The molecule has 1 fully saturated rings. The number of benzene rings is 2. The van der Waals surface area contributed by atoms with Gasteiger partial charge in [-0.25, -0.2) is 19.1 Å². The van der Waals surface area contributed by atoms with Crippen LogP contribution in [0.4, 0.5) is 11.4 Å². The molecule has 290 valence electrons. The van der Waals surface area contributed by atoms with Crippen molar-refractivity contribution >= 4 is 29.1 Å². The zero-order valence-corrected chi connectivity index (χ0v) is 33.9. The summed E-state index contributed by atoms with van der Waals surface area (Å²) in [6.45, 7) is 26.1. The maximum absolute atomic E-state index is 14.3. The number of esters is 1. The largest absolute Gasteiger partial charge is 0.496 e. The molecule has 4 aromatic rings. The third kappa shape index (κ3) is 9.37. The molecule has 0 saturated heterocycles. The van der Waals surface area contributed by atoms with Crippen molar-refractivity contribution in [3.63, 3.8) is 0 Å². The van der Waals surface area contributed by atoms with Gasteiger partial charge in [0.1, 0.15) is 23.2 Å². The Morgan fingerprint density at radius 3 is 2.37 bits per heavy atom. The molecule has 1 saturated carbocycles. The van der Waals surface area contributed by atoms with E-state index in [9.17, 15) is 4.79 Å². The van der Waals surface area contributed by atoms with Crippen LogP contribution in [0.3, 0.4) is 0 Å². The van der Waals surface area contributed by atoms with Gasteiger partial charge in [0.2, 0.25) is 5.69 Å². The number of nitrogens with zero attached hydrogens (tertiary/aromatic N) is 5. The predicted octanol–water partition coefficient (Wildman–Crippen LogP) is 10.4. The number of carbonyl (C=O) groups excluding carboxylic acids is 1. The number of ether oxygens (including phenoxy) is 3. The highest BCUT2D eigenvalue weighted by Crippen LogP contribution is 2.37. The first kappa shape index (κ1) is 40.6. The fourth-order valence-electron chi connectivity index (χ4n) is 8.14. The van der Waals surface area contributed by atoms with Gasteiger partial charge in [-0.15, -0.1) is 5.10 Å². The van der Waals surface area contributed by atoms with Gasteiger partial charge in [-0.05, 0) is 105 Å². The predicted molar refractivity (Wildman–Crippen MR) is 219 cm³/mol. The van der Waals surface area contributed by atoms with Gasteiger partial charge in [0.15, 0.2) is 11.5 Å². The van der Waals surface area contributed by atoms with Crippen LogP contribution in [0.5, 0.6) is 11.5 Å². The standard InChI is InChI=1S/C45H61N5O4/c1-10-13-15-16-17-18-24-53-36-21-22-39(52-9)37(29-36)43-47-44-40(45(51)54-42-32(6)25-30(4)26-33(42)7)41(46-8)38(50(44)48-43)28-34-19-20-35(27-31(34)5)49(12-3)23-14-11-2/h19-22,27-30,32-33,42H,10-18,23-26H2,1-7,9H3. The van der Waals surface area contributed by atoms with Crippen molar-refractivity contribution in [2.75, 3.05) is 31.7 Å². The number of aryl methyl sites for hydroxylation is 1. The average Bonchev–Trinajstić information content (AvgIpc) is 3.71. The minimum absolute atomic E-state index is 0.147. The number of fused-ring (bicyclic) bond motifs is 1. The molecule has 5 rings (SSSR count). The molecule has 0 radical (unpaired) electrons. The number of methoxy groups -OCH3 is 1. The number of hydrogen-bond donors (Lipinski definition) is 0. The van der Waals surface area contributed by atoms with Crippen molar-refractivity contribution in [3.05, 3.63) is 69.9 Å². The number of hydrogen-bond acceptors (Lipinski definition) is 7. The molecule has 2 aromatic carbocycles. The van der Waals surface area contributed by atoms with Gasteiger partial charge in [-0.3, -0.25) is 0 Å². The highest BCUT2D eigenvalue weighted by Gasteiger charge is 2.36. The molecule has 9 heteroatoms. The Bertz CT molecular complexity index is 1950. The lowest BCUT2D eigenvalue weighted by Gasteiger charge is -2.37. The van der Waals surface area contributed by atoms with Crippen LogP contribution >= 0.6 is 0 Å². The first-order valence-corrected chi connectivity index (χ1v) is 20.3. The van der Waals surface area contributed by atoms with Gasteiger partial charge in [0, 0.05) is 18.8 Å².